The third-order valence-electron chi connectivity index (χ3n) is 2.95. The average Bonchev–Trinajstić information content (AvgIpc) is 3.01. The van der Waals surface area contributed by atoms with Gasteiger partial charge in [-0.3, -0.25) is 4.57 Å². The maximum atomic E-state index is 11.7. The van der Waals surface area contributed by atoms with E-state index >= 15 is 0 Å². The van der Waals surface area contributed by atoms with Gasteiger partial charge in [0, 0.05) is 22.1 Å². The fourth-order valence-corrected chi connectivity index (χ4v) is 3.31. The summed E-state index contributed by atoms with van der Waals surface area (Å²) < 4.78 is 1.45. The van der Waals surface area contributed by atoms with Gasteiger partial charge in [0.05, 0.1) is 6.54 Å². The number of imidazole rings is 1. The normalized spacial score (nSPS) is 13.6. The molecule has 1 aliphatic carbocycles. The maximum absolute atomic E-state index is 11.7. The number of carbonyl (C=O) groups is 1. The monoisotopic (exact) mass is 247 g/mol. The molecule has 0 aromatic carbocycles. The van der Waals surface area contributed by atoms with Crippen molar-refractivity contribution in [3.63, 3.8) is 0 Å². The number of nitrogens with one attached hydrogen (secondary N) is 1. The Labute approximate surface area is 103 Å². The zero-order valence-corrected chi connectivity index (χ0v) is 10.2. The first-order chi connectivity index (χ1) is 8.33. The number of fused-ring (bicyclic) bond motifs is 1. The van der Waals surface area contributed by atoms with E-state index in [9.17, 15) is 4.79 Å². The van der Waals surface area contributed by atoms with Crippen LogP contribution in [-0.4, -0.2) is 15.6 Å². The van der Waals surface area contributed by atoms with Gasteiger partial charge in [0.2, 0.25) is 0 Å². The van der Waals surface area contributed by atoms with E-state index in [1.165, 1.54) is 45.5 Å². The molecule has 88 valence electrons. The van der Waals surface area contributed by atoms with Crippen LogP contribution in [0.1, 0.15) is 21.7 Å². The molecule has 1 aliphatic rings. The van der Waals surface area contributed by atoms with Crippen LogP contribution in [0.2, 0.25) is 0 Å². The first kappa shape index (κ1) is 10.5. The molecular formula is C12H13N3OS. The first-order valence-electron chi connectivity index (χ1n) is 5.69. The number of hydrogen-bond donors (Lipinski definition) is 1. The van der Waals surface area contributed by atoms with Gasteiger partial charge in [-0.05, 0) is 30.9 Å². The van der Waals surface area contributed by atoms with Crippen LogP contribution < -0.4 is 5.32 Å². The molecule has 3 rings (SSSR count). The highest BCUT2D eigenvalue weighted by atomic mass is 32.1. The molecule has 0 fully saturated rings. The van der Waals surface area contributed by atoms with Crippen molar-refractivity contribution >= 4 is 17.4 Å². The lowest BCUT2D eigenvalue weighted by atomic mass is 10.2. The Balaban J connectivity index is 1.62. The molecule has 1 N–H and O–H groups in total. The number of amides is 1. The van der Waals surface area contributed by atoms with E-state index in [1.54, 1.807) is 12.4 Å². The predicted octanol–water partition coefficient (Wildman–Crippen LogP) is 2.19. The largest absolute Gasteiger partial charge is 0.332 e. The van der Waals surface area contributed by atoms with E-state index in [2.05, 4.69) is 16.4 Å². The summed E-state index contributed by atoms with van der Waals surface area (Å²) in [5, 5.41) is 2.88. The van der Waals surface area contributed by atoms with Crippen LogP contribution in [-0.2, 0) is 19.4 Å². The van der Waals surface area contributed by atoms with Gasteiger partial charge in [0.1, 0.15) is 6.33 Å². The Morgan fingerprint density at radius 2 is 2.47 bits per heavy atom. The third-order valence-corrected chi connectivity index (χ3v) is 4.19. The molecule has 0 radical (unpaired) electrons. The number of aromatic nitrogens is 2. The second-order valence-corrected chi connectivity index (χ2v) is 5.36. The smallest absolute Gasteiger partial charge is 0.327 e. The van der Waals surface area contributed by atoms with Gasteiger partial charge in [0.15, 0.2) is 0 Å². The van der Waals surface area contributed by atoms with Crippen molar-refractivity contribution in [2.45, 2.75) is 25.8 Å². The van der Waals surface area contributed by atoms with E-state index in [-0.39, 0.29) is 6.03 Å². The topological polar surface area (TPSA) is 46.9 Å². The molecule has 0 bridgehead atoms. The number of rotatable bonds is 2. The molecule has 4 nitrogen and oxygen atoms in total. The lowest BCUT2D eigenvalue weighted by Crippen LogP contribution is -2.26. The Morgan fingerprint density at radius 1 is 1.53 bits per heavy atom. The van der Waals surface area contributed by atoms with Crippen LogP contribution in [0.4, 0.5) is 4.79 Å². The maximum Gasteiger partial charge on any atom is 0.327 e. The van der Waals surface area contributed by atoms with Crippen LogP contribution in [0.5, 0.6) is 0 Å². The van der Waals surface area contributed by atoms with Crippen LogP contribution >= 0.6 is 11.3 Å². The quantitative estimate of drug-likeness (QED) is 0.884. The molecule has 0 unspecified atom stereocenters. The summed E-state index contributed by atoms with van der Waals surface area (Å²) in [7, 11) is 0. The minimum absolute atomic E-state index is 0.129. The van der Waals surface area contributed by atoms with E-state index < -0.39 is 0 Å². The number of carbonyl (C=O) groups excluding carboxylic acids is 1. The van der Waals surface area contributed by atoms with E-state index in [0.29, 0.717) is 6.54 Å². The summed E-state index contributed by atoms with van der Waals surface area (Å²) in [6.45, 7) is 0.606. The second-order valence-electron chi connectivity index (χ2n) is 4.14. The Bertz CT molecular complexity index is 508. The summed E-state index contributed by atoms with van der Waals surface area (Å²) in [4.78, 5) is 18.3. The van der Waals surface area contributed by atoms with Gasteiger partial charge in [0.25, 0.3) is 0 Å². The zero-order valence-electron chi connectivity index (χ0n) is 9.35. The van der Waals surface area contributed by atoms with E-state index in [0.717, 1.165) is 0 Å². The Kier molecular flexibility index (Phi) is 2.68. The molecule has 17 heavy (non-hydrogen) atoms. The van der Waals surface area contributed by atoms with Crippen LogP contribution in [0, 0.1) is 0 Å². The van der Waals surface area contributed by atoms with Crippen LogP contribution in [0.15, 0.2) is 24.8 Å². The molecule has 0 saturated carbocycles. The van der Waals surface area contributed by atoms with Gasteiger partial charge < -0.3 is 5.32 Å². The summed E-state index contributed by atoms with van der Waals surface area (Å²) in [6.07, 6.45) is 8.42. The minimum atomic E-state index is -0.129. The fourth-order valence-electron chi connectivity index (χ4n) is 2.11. The molecule has 0 aliphatic heterocycles. The van der Waals surface area contributed by atoms with Crippen molar-refractivity contribution in [1.82, 2.24) is 14.9 Å². The molecular weight excluding hydrogens is 234 g/mol. The summed E-state index contributed by atoms with van der Waals surface area (Å²) >= 11 is 1.82. The summed E-state index contributed by atoms with van der Waals surface area (Å²) in [5.74, 6) is 0. The summed E-state index contributed by atoms with van der Waals surface area (Å²) in [6, 6.07) is 2.09. The van der Waals surface area contributed by atoms with Gasteiger partial charge in [-0.1, -0.05) is 0 Å². The molecule has 2 aromatic heterocycles. The minimum Gasteiger partial charge on any atom is -0.332 e. The highest BCUT2D eigenvalue weighted by Gasteiger charge is 2.14. The average molecular weight is 247 g/mol. The van der Waals surface area contributed by atoms with Crippen molar-refractivity contribution in [1.29, 1.82) is 0 Å². The van der Waals surface area contributed by atoms with Crippen molar-refractivity contribution in [3.8, 4) is 0 Å². The van der Waals surface area contributed by atoms with E-state index in [1.807, 2.05) is 11.3 Å². The third kappa shape index (κ3) is 2.10. The second kappa shape index (κ2) is 4.33. The molecule has 0 spiro atoms. The van der Waals surface area contributed by atoms with Crippen LogP contribution in [0.3, 0.4) is 0 Å². The fraction of sp³-hybridized carbons (Fsp3) is 0.333. The Hall–Kier alpha value is -1.62. The van der Waals surface area contributed by atoms with Crippen molar-refractivity contribution < 1.29 is 4.79 Å². The SMILES string of the molecule is O=C(NCc1cc2c(s1)CCC2)n1ccnc1. The van der Waals surface area contributed by atoms with Crippen molar-refractivity contribution in [2.75, 3.05) is 0 Å². The number of aryl methyl sites for hydroxylation is 2. The number of nitrogens with zero attached hydrogens (tertiary/aromatic N) is 2. The predicted molar refractivity (Wildman–Crippen MR) is 66.2 cm³/mol. The van der Waals surface area contributed by atoms with E-state index in [4.69, 9.17) is 0 Å². The Morgan fingerprint density at radius 3 is 3.24 bits per heavy atom. The summed E-state index contributed by atoms with van der Waals surface area (Å²) in [5.41, 5.74) is 1.47. The molecule has 0 saturated heterocycles. The zero-order chi connectivity index (χ0) is 11.7. The van der Waals surface area contributed by atoms with Crippen molar-refractivity contribution in [3.05, 3.63) is 40.1 Å². The molecule has 0 atom stereocenters. The number of thiophene rings is 1. The van der Waals surface area contributed by atoms with Gasteiger partial charge in [-0.25, -0.2) is 9.78 Å². The van der Waals surface area contributed by atoms with Crippen LogP contribution in [0.25, 0.3) is 0 Å². The molecule has 5 heteroatoms. The van der Waals surface area contributed by atoms with Gasteiger partial charge >= 0.3 is 6.03 Å². The lowest BCUT2D eigenvalue weighted by Gasteiger charge is -2.03. The van der Waals surface area contributed by atoms with Gasteiger partial charge in [-0.2, -0.15) is 0 Å². The molecule has 2 heterocycles. The highest BCUT2D eigenvalue weighted by Crippen LogP contribution is 2.30. The standard InChI is InChI=1S/C12H13N3OS/c16-12(15-5-4-13-8-15)14-7-10-6-9-2-1-3-11(9)17-10/h4-6,8H,1-3,7H2,(H,14,16). The lowest BCUT2D eigenvalue weighted by molar-refractivity contribution is 0.242. The highest BCUT2D eigenvalue weighted by molar-refractivity contribution is 7.12. The molecule has 2 aromatic rings. The first-order valence-corrected chi connectivity index (χ1v) is 6.51. The van der Waals surface area contributed by atoms with Crippen molar-refractivity contribution in [2.24, 2.45) is 0 Å². The molecule has 1 amide bonds. The number of hydrogen-bond acceptors (Lipinski definition) is 3. The van der Waals surface area contributed by atoms with Gasteiger partial charge in [-0.15, -0.1) is 11.3 Å².